The van der Waals surface area contributed by atoms with Crippen LogP contribution in [0, 0.1) is 16.0 Å². The van der Waals surface area contributed by atoms with Gasteiger partial charge >= 0.3 is 5.97 Å². The molecule has 8 nitrogen and oxygen atoms in total. The molecule has 0 saturated carbocycles. The number of nitrogens with one attached hydrogen (secondary N) is 1. The number of carboxylic acids is 1. The minimum absolute atomic E-state index is 0.0906. The van der Waals surface area contributed by atoms with Gasteiger partial charge in [0, 0.05) is 41.6 Å². The topological polar surface area (TPSA) is 122 Å². The monoisotopic (exact) mass is 331 g/mol. The fraction of sp³-hybridized carbons (Fsp3) is 0.312. The Morgan fingerprint density at radius 2 is 2.00 bits per heavy atom. The van der Waals surface area contributed by atoms with E-state index in [1.54, 1.807) is 19.9 Å². The Balaban J connectivity index is 2.57. The van der Waals surface area contributed by atoms with Gasteiger partial charge in [0.1, 0.15) is 5.92 Å². The predicted molar refractivity (Wildman–Crippen MR) is 86.8 cm³/mol. The first-order chi connectivity index (χ1) is 11.3. The smallest absolute Gasteiger partial charge is 0.312 e. The van der Waals surface area contributed by atoms with Gasteiger partial charge in [-0.15, -0.1) is 0 Å². The summed E-state index contributed by atoms with van der Waals surface area (Å²) >= 11 is 0. The van der Waals surface area contributed by atoms with Crippen molar-refractivity contribution in [3.8, 4) is 0 Å². The normalized spacial score (nSPS) is 19.7. The molecule has 0 bridgehead atoms. The number of nitrogens with zero attached hydrogens (tertiary/aromatic N) is 2. The van der Waals surface area contributed by atoms with E-state index in [-0.39, 0.29) is 22.9 Å². The molecule has 0 aliphatic carbocycles. The summed E-state index contributed by atoms with van der Waals surface area (Å²) in [6, 6.07) is 5.66. The lowest BCUT2D eigenvalue weighted by molar-refractivity contribution is -0.385. The molecular weight excluding hydrogens is 314 g/mol. The van der Waals surface area contributed by atoms with Crippen molar-refractivity contribution in [1.82, 2.24) is 5.32 Å². The van der Waals surface area contributed by atoms with Gasteiger partial charge in [-0.1, -0.05) is 18.2 Å². The van der Waals surface area contributed by atoms with Crippen LogP contribution < -0.4 is 5.32 Å². The zero-order valence-electron chi connectivity index (χ0n) is 13.2. The molecule has 1 aromatic carbocycles. The van der Waals surface area contributed by atoms with Crippen LogP contribution in [0.15, 0.2) is 41.0 Å². The summed E-state index contributed by atoms with van der Waals surface area (Å²) in [7, 11) is 0. The highest BCUT2D eigenvalue weighted by molar-refractivity contribution is 6.01. The summed E-state index contributed by atoms with van der Waals surface area (Å²) in [5, 5.41) is 23.4. The van der Waals surface area contributed by atoms with Crippen LogP contribution in [-0.4, -0.2) is 34.2 Å². The molecule has 0 aromatic heterocycles. The van der Waals surface area contributed by atoms with Gasteiger partial charge in [0.05, 0.1) is 4.92 Å². The maximum atomic E-state index is 12.4. The predicted octanol–water partition coefficient (Wildman–Crippen LogP) is 1.87. The van der Waals surface area contributed by atoms with Gasteiger partial charge < -0.3 is 10.4 Å². The number of carbonyl (C=O) groups excluding carboxylic acids is 1. The summed E-state index contributed by atoms with van der Waals surface area (Å²) in [5.74, 6) is -3.84. The van der Waals surface area contributed by atoms with Crippen molar-refractivity contribution < 1.29 is 19.6 Å². The number of nitro benzene ring substituents is 1. The molecule has 1 aliphatic rings. The van der Waals surface area contributed by atoms with E-state index in [1.807, 2.05) is 0 Å². The third kappa shape index (κ3) is 3.48. The number of amides is 1. The quantitative estimate of drug-likeness (QED) is 0.630. The van der Waals surface area contributed by atoms with Gasteiger partial charge in [-0.2, -0.15) is 0 Å². The van der Waals surface area contributed by atoms with Crippen molar-refractivity contribution in [3.05, 3.63) is 51.7 Å². The van der Waals surface area contributed by atoms with Gasteiger partial charge in [0.15, 0.2) is 0 Å². The number of hydrogen-bond acceptors (Lipinski definition) is 5. The number of rotatable bonds is 5. The lowest BCUT2D eigenvalue weighted by atomic mass is 9.79. The van der Waals surface area contributed by atoms with E-state index in [0.29, 0.717) is 0 Å². The highest BCUT2D eigenvalue weighted by atomic mass is 16.6. The van der Waals surface area contributed by atoms with Gasteiger partial charge in [0.25, 0.3) is 5.69 Å². The summed E-state index contributed by atoms with van der Waals surface area (Å²) < 4.78 is 0. The number of aliphatic imine (C=N–C) groups is 1. The molecule has 1 aliphatic heterocycles. The van der Waals surface area contributed by atoms with E-state index < -0.39 is 28.6 Å². The largest absolute Gasteiger partial charge is 0.481 e. The molecular formula is C16H17N3O5. The van der Waals surface area contributed by atoms with Gasteiger partial charge in [0.2, 0.25) is 5.91 Å². The van der Waals surface area contributed by atoms with Crippen LogP contribution >= 0.6 is 0 Å². The summed E-state index contributed by atoms with van der Waals surface area (Å²) in [6.45, 7) is 3.53. The van der Waals surface area contributed by atoms with E-state index in [2.05, 4.69) is 10.3 Å². The Morgan fingerprint density at radius 3 is 2.58 bits per heavy atom. The van der Waals surface area contributed by atoms with E-state index >= 15 is 0 Å². The first-order valence-electron chi connectivity index (χ1n) is 7.33. The van der Waals surface area contributed by atoms with Crippen LogP contribution in [0.25, 0.3) is 0 Å². The highest BCUT2D eigenvalue weighted by Gasteiger charge is 2.39. The number of benzene rings is 1. The molecule has 2 atom stereocenters. The van der Waals surface area contributed by atoms with Crippen LogP contribution in [0.2, 0.25) is 0 Å². The second kappa shape index (κ2) is 7.03. The van der Waals surface area contributed by atoms with Crippen LogP contribution in [0.3, 0.4) is 0 Å². The minimum atomic E-state index is -1.20. The van der Waals surface area contributed by atoms with Gasteiger partial charge in [-0.25, -0.2) is 0 Å². The van der Waals surface area contributed by atoms with Crippen LogP contribution in [0.5, 0.6) is 0 Å². The molecule has 126 valence electrons. The second-order valence-corrected chi connectivity index (χ2v) is 5.67. The van der Waals surface area contributed by atoms with Crippen molar-refractivity contribution in [3.63, 3.8) is 0 Å². The summed E-state index contributed by atoms with van der Waals surface area (Å²) in [5.41, 5.74) is 0.0337. The van der Waals surface area contributed by atoms with Crippen molar-refractivity contribution in [2.75, 3.05) is 0 Å². The Morgan fingerprint density at radius 1 is 1.33 bits per heavy atom. The molecule has 24 heavy (non-hydrogen) atoms. The number of carboxylic acid groups (broad SMARTS) is 1. The number of nitro groups is 1. The molecule has 2 N–H and O–H groups in total. The molecule has 0 radical (unpaired) electrons. The Labute approximate surface area is 138 Å². The maximum absolute atomic E-state index is 12.4. The van der Waals surface area contributed by atoms with Gasteiger partial charge in [-0.05, 0) is 13.8 Å². The number of hydrogen-bond donors (Lipinski definition) is 2. The van der Waals surface area contributed by atoms with E-state index in [1.165, 1.54) is 30.6 Å². The van der Waals surface area contributed by atoms with Crippen molar-refractivity contribution in [2.45, 2.75) is 25.8 Å². The van der Waals surface area contributed by atoms with E-state index in [4.69, 9.17) is 0 Å². The van der Waals surface area contributed by atoms with Crippen molar-refractivity contribution in [2.24, 2.45) is 10.9 Å². The average molecular weight is 331 g/mol. The SMILES string of the molecule is CC(C)NC(=O)C1=CN=CC(C(=O)O)C1c1ccccc1[N+](=O)[O-]. The number of carbonyl (C=O) groups is 2. The molecule has 2 rings (SSSR count). The first kappa shape index (κ1) is 17.3. The van der Waals surface area contributed by atoms with E-state index in [0.717, 1.165) is 0 Å². The number of para-hydroxylation sites is 1. The molecule has 1 aromatic rings. The van der Waals surface area contributed by atoms with Crippen molar-refractivity contribution >= 4 is 23.8 Å². The van der Waals surface area contributed by atoms with Crippen LogP contribution in [0.1, 0.15) is 25.3 Å². The average Bonchev–Trinajstić information content (AvgIpc) is 2.53. The molecule has 0 spiro atoms. The molecule has 2 unspecified atom stereocenters. The fourth-order valence-corrected chi connectivity index (χ4v) is 2.61. The Kier molecular flexibility index (Phi) is 5.08. The molecule has 0 saturated heterocycles. The van der Waals surface area contributed by atoms with E-state index in [9.17, 15) is 24.8 Å². The maximum Gasteiger partial charge on any atom is 0.312 e. The highest BCUT2D eigenvalue weighted by Crippen LogP contribution is 2.38. The zero-order chi connectivity index (χ0) is 17.9. The zero-order valence-corrected chi connectivity index (χ0v) is 13.2. The Hall–Kier alpha value is -3.03. The standard InChI is InChI=1S/C16H17N3O5/c1-9(2)18-15(20)11-7-17-8-12(16(21)22)14(11)10-5-3-4-6-13(10)19(23)24/h3-9,12,14H,1-2H3,(H,18,20)(H,21,22). The fourth-order valence-electron chi connectivity index (χ4n) is 2.61. The molecule has 1 amide bonds. The minimum Gasteiger partial charge on any atom is -0.481 e. The second-order valence-electron chi connectivity index (χ2n) is 5.67. The molecule has 1 heterocycles. The Bertz CT molecular complexity index is 739. The van der Waals surface area contributed by atoms with Crippen LogP contribution in [0.4, 0.5) is 5.69 Å². The molecule has 0 fully saturated rings. The van der Waals surface area contributed by atoms with Crippen molar-refractivity contribution in [1.29, 1.82) is 0 Å². The number of aliphatic carboxylic acids is 1. The summed E-state index contributed by atoms with van der Waals surface area (Å²) in [6.07, 6.45) is 2.45. The first-order valence-corrected chi connectivity index (χ1v) is 7.33. The summed E-state index contributed by atoms with van der Waals surface area (Å²) in [4.78, 5) is 38.6. The van der Waals surface area contributed by atoms with Crippen LogP contribution in [-0.2, 0) is 9.59 Å². The van der Waals surface area contributed by atoms with Gasteiger partial charge in [-0.3, -0.25) is 24.7 Å². The third-order valence-electron chi connectivity index (χ3n) is 3.59. The molecule has 8 heteroatoms. The lowest BCUT2D eigenvalue weighted by Gasteiger charge is -2.26. The lowest BCUT2D eigenvalue weighted by Crippen LogP contribution is -2.37. The third-order valence-corrected chi connectivity index (χ3v) is 3.59.